The van der Waals surface area contributed by atoms with Crippen molar-refractivity contribution >= 4 is 33.4 Å². The fraction of sp³-hybridized carbons (Fsp3) is 0.222. The summed E-state index contributed by atoms with van der Waals surface area (Å²) in [7, 11) is 0. The van der Waals surface area contributed by atoms with Crippen molar-refractivity contribution in [3.05, 3.63) is 64.1 Å². The third kappa shape index (κ3) is 4.42. The summed E-state index contributed by atoms with van der Waals surface area (Å²) in [5.41, 5.74) is 1.86. The van der Waals surface area contributed by atoms with Crippen LogP contribution in [0.15, 0.2) is 53.0 Å². The number of rotatable bonds is 5. The molecule has 0 saturated carbocycles. The second kappa shape index (κ2) is 7.92. The van der Waals surface area contributed by atoms with Crippen LogP contribution in [0.25, 0.3) is 0 Å². The van der Waals surface area contributed by atoms with Gasteiger partial charge < -0.3 is 10.2 Å². The molecule has 0 aliphatic carbocycles. The summed E-state index contributed by atoms with van der Waals surface area (Å²) >= 11 is 3.34. The molecule has 120 valence electrons. The maximum atomic E-state index is 12.2. The minimum Gasteiger partial charge on any atom is -0.339 e. The maximum Gasteiger partial charge on any atom is 0.255 e. The molecule has 0 aliphatic heterocycles. The number of halogens is 1. The SMILES string of the molecule is CCN(CC)C(=O)c1ccc(NC(=O)c2ccc(Br)cc2)cc1. The smallest absolute Gasteiger partial charge is 0.255 e. The van der Waals surface area contributed by atoms with Gasteiger partial charge in [-0.2, -0.15) is 0 Å². The van der Waals surface area contributed by atoms with Gasteiger partial charge in [-0.05, 0) is 62.4 Å². The zero-order valence-corrected chi connectivity index (χ0v) is 14.8. The first kappa shape index (κ1) is 17.2. The fourth-order valence-electron chi connectivity index (χ4n) is 2.19. The second-order valence-corrected chi connectivity index (χ2v) is 5.93. The van der Waals surface area contributed by atoms with Crippen molar-refractivity contribution in [2.45, 2.75) is 13.8 Å². The van der Waals surface area contributed by atoms with Gasteiger partial charge in [-0.25, -0.2) is 0 Å². The van der Waals surface area contributed by atoms with E-state index in [1.807, 2.05) is 26.0 Å². The normalized spacial score (nSPS) is 10.2. The van der Waals surface area contributed by atoms with Crippen molar-refractivity contribution in [2.75, 3.05) is 18.4 Å². The Bertz CT molecular complexity index is 677. The van der Waals surface area contributed by atoms with Crippen molar-refractivity contribution in [2.24, 2.45) is 0 Å². The van der Waals surface area contributed by atoms with Gasteiger partial charge in [0.25, 0.3) is 11.8 Å². The Balaban J connectivity index is 2.06. The lowest BCUT2D eigenvalue weighted by molar-refractivity contribution is 0.0773. The van der Waals surface area contributed by atoms with Crippen LogP contribution in [0.1, 0.15) is 34.6 Å². The Hall–Kier alpha value is -2.14. The van der Waals surface area contributed by atoms with Crippen molar-refractivity contribution in [1.82, 2.24) is 4.90 Å². The van der Waals surface area contributed by atoms with E-state index in [2.05, 4.69) is 21.2 Å². The van der Waals surface area contributed by atoms with Gasteiger partial charge in [-0.15, -0.1) is 0 Å². The van der Waals surface area contributed by atoms with Gasteiger partial charge in [0.2, 0.25) is 0 Å². The lowest BCUT2D eigenvalue weighted by Crippen LogP contribution is -2.30. The van der Waals surface area contributed by atoms with Crippen LogP contribution in [0, 0.1) is 0 Å². The molecule has 4 nitrogen and oxygen atoms in total. The Kier molecular flexibility index (Phi) is 5.93. The number of carbonyl (C=O) groups excluding carboxylic acids is 2. The van der Waals surface area contributed by atoms with Gasteiger partial charge in [0, 0.05) is 34.4 Å². The first-order chi connectivity index (χ1) is 11.0. The van der Waals surface area contributed by atoms with Gasteiger partial charge in [-0.3, -0.25) is 9.59 Å². The molecule has 5 heteroatoms. The van der Waals surface area contributed by atoms with Gasteiger partial charge >= 0.3 is 0 Å². The molecule has 0 saturated heterocycles. The third-order valence-corrected chi connectivity index (χ3v) is 4.08. The topological polar surface area (TPSA) is 49.4 Å². The summed E-state index contributed by atoms with van der Waals surface area (Å²) in [5.74, 6) is -0.180. The molecule has 0 fully saturated rings. The monoisotopic (exact) mass is 374 g/mol. The van der Waals surface area contributed by atoms with Crippen LogP contribution < -0.4 is 5.32 Å². The first-order valence-corrected chi connectivity index (χ1v) is 8.30. The molecule has 0 radical (unpaired) electrons. The van der Waals surface area contributed by atoms with Gasteiger partial charge in [0.05, 0.1) is 0 Å². The average molecular weight is 375 g/mol. The van der Waals surface area contributed by atoms with Gasteiger partial charge in [0.1, 0.15) is 0 Å². The first-order valence-electron chi connectivity index (χ1n) is 7.51. The van der Waals surface area contributed by atoms with E-state index in [-0.39, 0.29) is 11.8 Å². The van der Waals surface area contributed by atoms with Crippen LogP contribution in [0.5, 0.6) is 0 Å². The fourth-order valence-corrected chi connectivity index (χ4v) is 2.46. The standard InChI is InChI=1S/C18H19BrN2O2/c1-3-21(4-2)18(23)14-7-11-16(12-8-14)20-17(22)13-5-9-15(19)10-6-13/h5-12H,3-4H2,1-2H3,(H,20,22). The van der Waals surface area contributed by atoms with E-state index >= 15 is 0 Å². The second-order valence-electron chi connectivity index (χ2n) is 5.02. The Morgan fingerprint density at radius 3 is 1.96 bits per heavy atom. The summed E-state index contributed by atoms with van der Waals surface area (Å²) in [5, 5.41) is 2.82. The quantitative estimate of drug-likeness (QED) is 0.852. The number of amides is 2. The van der Waals surface area contributed by atoms with E-state index in [1.54, 1.807) is 41.3 Å². The predicted molar refractivity (Wildman–Crippen MR) is 95.8 cm³/mol. The highest BCUT2D eigenvalue weighted by atomic mass is 79.9. The minimum absolute atomic E-state index is 0.000728. The highest BCUT2D eigenvalue weighted by Crippen LogP contribution is 2.15. The number of benzene rings is 2. The molecular weight excluding hydrogens is 356 g/mol. The molecule has 0 bridgehead atoms. The summed E-state index contributed by atoms with van der Waals surface area (Å²) in [6, 6.07) is 14.1. The molecule has 0 aliphatic rings. The molecule has 2 amide bonds. The van der Waals surface area contributed by atoms with E-state index in [9.17, 15) is 9.59 Å². The predicted octanol–water partition coefficient (Wildman–Crippen LogP) is 4.18. The van der Waals surface area contributed by atoms with Crippen molar-refractivity contribution in [3.8, 4) is 0 Å². The molecule has 2 rings (SSSR count). The minimum atomic E-state index is -0.180. The van der Waals surface area contributed by atoms with Crippen LogP contribution in [-0.4, -0.2) is 29.8 Å². The van der Waals surface area contributed by atoms with E-state index in [4.69, 9.17) is 0 Å². The van der Waals surface area contributed by atoms with Gasteiger partial charge in [0.15, 0.2) is 0 Å². The number of anilines is 1. The van der Waals surface area contributed by atoms with E-state index < -0.39 is 0 Å². The highest BCUT2D eigenvalue weighted by Gasteiger charge is 2.12. The van der Waals surface area contributed by atoms with Gasteiger partial charge in [-0.1, -0.05) is 15.9 Å². The average Bonchev–Trinajstić information content (AvgIpc) is 2.57. The van der Waals surface area contributed by atoms with E-state index in [1.165, 1.54) is 0 Å². The molecule has 2 aromatic carbocycles. The van der Waals surface area contributed by atoms with Crippen LogP contribution in [0.2, 0.25) is 0 Å². The highest BCUT2D eigenvalue weighted by molar-refractivity contribution is 9.10. The number of hydrogen-bond acceptors (Lipinski definition) is 2. The zero-order valence-electron chi connectivity index (χ0n) is 13.2. The summed E-state index contributed by atoms with van der Waals surface area (Å²) < 4.78 is 0.924. The molecule has 2 aromatic rings. The van der Waals surface area contributed by atoms with Crippen LogP contribution >= 0.6 is 15.9 Å². The Labute approximate surface area is 144 Å². The number of hydrogen-bond donors (Lipinski definition) is 1. The van der Waals surface area contributed by atoms with E-state index in [0.29, 0.717) is 29.9 Å². The molecular formula is C18H19BrN2O2. The zero-order chi connectivity index (χ0) is 16.8. The largest absolute Gasteiger partial charge is 0.339 e. The van der Waals surface area contributed by atoms with E-state index in [0.717, 1.165) is 4.47 Å². The van der Waals surface area contributed by atoms with Crippen molar-refractivity contribution in [1.29, 1.82) is 0 Å². The molecule has 0 spiro atoms. The van der Waals surface area contributed by atoms with Crippen LogP contribution in [0.3, 0.4) is 0 Å². The lowest BCUT2D eigenvalue weighted by atomic mass is 10.1. The van der Waals surface area contributed by atoms with Crippen molar-refractivity contribution in [3.63, 3.8) is 0 Å². The molecule has 0 atom stereocenters. The number of nitrogens with one attached hydrogen (secondary N) is 1. The summed E-state index contributed by atoms with van der Waals surface area (Å²) in [4.78, 5) is 26.1. The summed E-state index contributed by atoms with van der Waals surface area (Å²) in [6.45, 7) is 5.26. The van der Waals surface area contributed by atoms with Crippen molar-refractivity contribution < 1.29 is 9.59 Å². The third-order valence-electron chi connectivity index (χ3n) is 3.55. The van der Waals surface area contributed by atoms with Crippen LogP contribution in [-0.2, 0) is 0 Å². The Morgan fingerprint density at radius 1 is 0.913 bits per heavy atom. The maximum absolute atomic E-state index is 12.2. The molecule has 23 heavy (non-hydrogen) atoms. The Morgan fingerprint density at radius 2 is 1.43 bits per heavy atom. The van der Waals surface area contributed by atoms with Crippen LogP contribution in [0.4, 0.5) is 5.69 Å². The molecule has 0 aromatic heterocycles. The summed E-state index contributed by atoms with van der Waals surface area (Å²) in [6.07, 6.45) is 0. The lowest BCUT2D eigenvalue weighted by Gasteiger charge is -2.18. The molecule has 0 heterocycles. The number of carbonyl (C=O) groups is 2. The number of nitrogens with zero attached hydrogens (tertiary/aromatic N) is 1. The molecule has 1 N–H and O–H groups in total. The molecule has 0 unspecified atom stereocenters.